The highest BCUT2D eigenvalue weighted by molar-refractivity contribution is 7.99. The van der Waals surface area contributed by atoms with Gasteiger partial charge in [-0.2, -0.15) is 4.68 Å². The largest absolute Gasteiger partial charge is 0.374 e. The summed E-state index contributed by atoms with van der Waals surface area (Å²) in [5.74, 6) is 0.267. The first kappa shape index (κ1) is 21.9. The lowest BCUT2D eigenvalue weighted by molar-refractivity contribution is -0.146. The van der Waals surface area contributed by atoms with E-state index >= 15 is 0 Å². The molecule has 11 heteroatoms. The summed E-state index contributed by atoms with van der Waals surface area (Å²) >= 11 is 1.26. The van der Waals surface area contributed by atoms with Crippen molar-refractivity contribution in [3.63, 3.8) is 0 Å². The van der Waals surface area contributed by atoms with Crippen molar-refractivity contribution in [1.82, 2.24) is 34.5 Å². The van der Waals surface area contributed by atoms with Crippen LogP contribution in [-0.4, -0.2) is 71.4 Å². The highest BCUT2D eigenvalue weighted by Crippen LogP contribution is 2.29. The lowest BCUT2D eigenvalue weighted by atomic mass is 9.90. The number of thioether (sulfide) groups is 1. The van der Waals surface area contributed by atoms with Crippen LogP contribution >= 0.6 is 11.8 Å². The van der Waals surface area contributed by atoms with Crippen molar-refractivity contribution in [2.45, 2.75) is 49.9 Å². The fourth-order valence-electron chi connectivity index (χ4n) is 4.82. The molecule has 2 atom stereocenters. The highest BCUT2D eigenvalue weighted by Gasteiger charge is 2.36. The molecule has 1 saturated carbocycles. The van der Waals surface area contributed by atoms with Gasteiger partial charge in [-0.05, 0) is 42.3 Å². The minimum atomic E-state index is -0.222. The van der Waals surface area contributed by atoms with E-state index in [4.69, 9.17) is 4.74 Å². The normalized spacial score (nSPS) is 20.6. The molecule has 2 unspecified atom stereocenters. The summed E-state index contributed by atoms with van der Waals surface area (Å²) in [7, 11) is 1.83. The zero-order valence-corrected chi connectivity index (χ0v) is 19.6. The number of benzene rings is 1. The van der Waals surface area contributed by atoms with Crippen LogP contribution in [0.1, 0.15) is 31.4 Å². The summed E-state index contributed by atoms with van der Waals surface area (Å²) < 4.78 is 10.7. The lowest BCUT2D eigenvalue weighted by Crippen LogP contribution is -2.55. The van der Waals surface area contributed by atoms with E-state index in [-0.39, 0.29) is 29.4 Å². The SMILES string of the molecule is Cc1c(-n2nnnc2SCC(=O)N2CCOC3CCCCC32)c(=O)n(-c2ccccc2)n1C. The van der Waals surface area contributed by atoms with E-state index in [2.05, 4.69) is 15.5 Å². The molecule has 2 aromatic heterocycles. The molecular formula is C22H27N7O3S. The summed E-state index contributed by atoms with van der Waals surface area (Å²) in [5, 5.41) is 12.4. The second-order valence-corrected chi connectivity index (χ2v) is 9.36. The van der Waals surface area contributed by atoms with E-state index in [0.717, 1.165) is 37.1 Å². The number of rotatable bonds is 5. The Morgan fingerprint density at radius 2 is 2.00 bits per heavy atom. The fourth-order valence-corrected chi connectivity index (χ4v) is 5.59. The first-order valence-electron chi connectivity index (χ1n) is 11.2. The lowest BCUT2D eigenvalue weighted by Gasteiger charge is -2.43. The van der Waals surface area contributed by atoms with Crippen molar-refractivity contribution in [2.75, 3.05) is 18.9 Å². The molecule has 5 rings (SSSR count). The van der Waals surface area contributed by atoms with Crippen LogP contribution in [0.2, 0.25) is 0 Å². The Morgan fingerprint density at radius 1 is 1.21 bits per heavy atom. The molecule has 1 aliphatic carbocycles. The van der Waals surface area contributed by atoms with Crippen molar-refractivity contribution >= 4 is 17.7 Å². The monoisotopic (exact) mass is 469 g/mol. The van der Waals surface area contributed by atoms with E-state index in [1.807, 2.05) is 49.2 Å². The molecule has 174 valence electrons. The van der Waals surface area contributed by atoms with Crippen molar-refractivity contribution < 1.29 is 9.53 Å². The van der Waals surface area contributed by atoms with Crippen LogP contribution in [0.3, 0.4) is 0 Å². The summed E-state index contributed by atoms with van der Waals surface area (Å²) in [5.41, 5.74) is 1.63. The Hall–Kier alpha value is -2.92. The number of nitrogens with zero attached hydrogens (tertiary/aromatic N) is 7. The van der Waals surface area contributed by atoms with Gasteiger partial charge >= 0.3 is 0 Å². The molecule has 3 aromatic rings. The van der Waals surface area contributed by atoms with Crippen LogP contribution < -0.4 is 5.56 Å². The number of fused-ring (bicyclic) bond motifs is 1. The van der Waals surface area contributed by atoms with Crippen LogP contribution in [0.4, 0.5) is 0 Å². The molecule has 0 spiro atoms. The molecule has 1 aromatic carbocycles. The summed E-state index contributed by atoms with van der Waals surface area (Å²) in [4.78, 5) is 28.4. The average Bonchev–Trinajstić information content (AvgIpc) is 3.39. The Morgan fingerprint density at radius 3 is 2.82 bits per heavy atom. The van der Waals surface area contributed by atoms with Gasteiger partial charge in [0.15, 0.2) is 5.69 Å². The predicted molar refractivity (Wildman–Crippen MR) is 123 cm³/mol. The molecule has 2 aliphatic rings. The first-order chi connectivity index (χ1) is 16.1. The predicted octanol–water partition coefficient (Wildman–Crippen LogP) is 1.72. The number of para-hydroxylation sites is 1. The topological polar surface area (TPSA) is 100 Å². The summed E-state index contributed by atoms with van der Waals surface area (Å²) in [6.45, 7) is 3.05. The van der Waals surface area contributed by atoms with Gasteiger partial charge in [-0.1, -0.05) is 42.8 Å². The van der Waals surface area contributed by atoms with Gasteiger partial charge < -0.3 is 9.64 Å². The standard InChI is InChI=1S/C22H27N7O3S/c1-15-20(21(31)29(26(15)2)16-8-4-3-5-9-16)28-22(23-24-25-28)33-14-19(30)27-12-13-32-18-11-7-6-10-17(18)27/h3-5,8-9,17-18H,6-7,10-14H2,1-2H3. The van der Waals surface area contributed by atoms with Gasteiger partial charge in [0, 0.05) is 13.6 Å². The second kappa shape index (κ2) is 9.14. The van der Waals surface area contributed by atoms with Gasteiger partial charge in [-0.3, -0.25) is 14.3 Å². The molecular weight excluding hydrogens is 442 g/mol. The van der Waals surface area contributed by atoms with Crippen LogP contribution in [-0.2, 0) is 16.6 Å². The number of carbonyl (C=O) groups is 1. The Balaban J connectivity index is 1.37. The third-order valence-corrected chi connectivity index (χ3v) is 7.46. The number of amides is 1. The Labute approximate surface area is 195 Å². The van der Waals surface area contributed by atoms with Crippen molar-refractivity contribution in [3.8, 4) is 11.4 Å². The van der Waals surface area contributed by atoms with Crippen LogP contribution in [0, 0.1) is 6.92 Å². The maximum Gasteiger partial charge on any atom is 0.297 e. The number of carbonyl (C=O) groups excluding carboxylic acids is 1. The van der Waals surface area contributed by atoms with Crippen molar-refractivity contribution in [2.24, 2.45) is 7.05 Å². The maximum absolute atomic E-state index is 13.3. The second-order valence-electron chi connectivity index (χ2n) is 8.42. The summed E-state index contributed by atoms with van der Waals surface area (Å²) in [6.07, 6.45) is 4.43. The molecule has 0 radical (unpaired) electrons. The molecule has 33 heavy (non-hydrogen) atoms. The molecule has 10 nitrogen and oxygen atoms in total. The number of ether oxygens (including phenoxy) is 1. The van der Waals surface area contributed by atoms with Crippen molar-refractivity contribution in [1.29, 1.82) is 0 Å². The Kier molecular flexibility index (Phi) is 6.07. The third-order valence-electron chi connectivity index (χ3n) is 6.55. The minimum Gasteiger partial charge on any atom is -0.374 e. The molecule has 1 aliphatic heterocycles. The van der Waals surface area contributed by atoms with Gasteiger partial charge in [0.05, 0.1) is 35.9 Å². The molecule has 1 saturated heterocycles. The van der Waals surface area contributed by atoms with E-state index in [1.165, 1.54) is 16.4 Å². The van der Waals surface area contributed by atoms with Crippen molar-refractivity contribution in [3.05, 3.63) is 46.4 Å². The maximum atomic E-state index is 13.3. The van der Waals surface area contributed by atoms with Crippen LogP contribution in [0.15, 0.2) is 40.3 Å². The van der Waals surface area contributed by atoms with Gasteiger partial charge in [0.1, 0.15) is 0 Å². The van der Waals surface area contributed by atoms with E-state index in [1.54, 1.807) is 9.36 Å². The van der Waals surface area contributed by atoms with E-state index in [0.29, 0.717) is 24.0 Å². The quantitative estimate of drug-likeness (QED) is 0.525. The number of tetrazole rings is 1. The Bertz CT molecular complexity index is 1200. The van der Waals surface area contributed by atoms with Crippen LogP contribution in [0.5, 0.6) is 0 Å². The zero-order chi connectivity index (χ0) is 22.9. The fraction of sp³-hybridized carbons (Fsp3) is 0.500. The number of hydrogen-bond donors (Lipinski definition) is 0. The van der Waals surface area contributed by atoms with E-state index < -0.39 is 0 Å². The first-order valence-corrected chi connectivity index (χ1v) is 12.2. The zero-order valence-electron chi connectivity index (χ0n) is 18.8. The minimum absolute atomic E-state index is 0.0567. The van der Waals surface area contributed by atoms with Gasteiger partial charge in [-0.25, -0.2) is 4.68 Å². The molecule has 1 amide bonds. The molecule has 2 fully saturated rings. The average molecular weight is 470 g/mol. The smallest absolute Gasteiger partial charge is 0.297 e. The summed E-state index contributed by atoms with van der Waals surface area (Å²) in [6, 6.07) is 9.58. The van der Waals surface area contributed by atoms with Gasteiger partial charge in [0.2, 0.25) is 11.1 Å². The third kappa shape index (κ3) is 3.99. The number of aromatic nitrogens is 6. The molecule has 0 N–H and O–H groups in total. The number of hydrogen-bond acceptors (Lipinski definition) is 7. The number of morpholine rings is 1. The van der Waals surface area contributed by atoms with Gasteiger partial charge in [0.25, 0.3) is 5.56 Å². The molecule has 3 heterocycles. The highest BCUT2D eigenvalue weighted by atomic mass is 32.2. The van der Waals surface area contributed by atoms with Gasteiger partial charge in [-0.15, -0.1) is 5.10 Å². The van der Waals surface area contributed by atoms with E-state index in [9.17, 15) is 9.59 Å². The van der Waals surface area contributed by atoms with Crippen LogP contribution in [0.25, 0.3) is 11.4 Å². The molecule has 0 bridgehead atoms.